The SMILES string of the molecule is Cc1n[nH]c(C)c1-c1ccc(NC(=O)[C@@H](NC(=O)C2(F)CC2)C2CCCCC2)cc1. The lowest BCUT2D eigenvalue weighted by atomic mass is 9.83. The van der Waals surface area contributed by atoms with Crippen LogP contribution < -0.4 is 10.6 Å². The number of aromatic amines is 1. The topological polar surface area (TPSA) is 86.9 Å². The highest BCUT2D eigenvalue weighted by Crippen LogP contribution is 2.40. The molecule has 2 amide bonds. The number of nitrogens with zero attached hydrogens (tertiary/aromatic N) is 1. The maximum Gasteiger partial charge on any atom is 0.258 e. The number of anilines is 1. The highest BCUT2D eigenvalue weighted by Gasteiger charge is 2.52. The van der Waals surface area contributed by atoms with Gasteiger partial charge >= 0.3 is 0 Å². The Morgan fingerprint density at radius 3 is 2.37 bits per heavy atom. The fourth-order valence-corrected chi connectivity index (χ4v) is 4.39. The number of nitrogens with one attached hydrogen (secondary N) is 3. The molecule has 2 aliphatic rings. The zero-order valence-corrected chi connectivity index (χ0v) is 17.6. The van der Waals surface area contributed by atoms with Crippen LogP contribution in [-0.2, 0) is 9.59 Å². The van der Waals surface area contributed by atoms with Gasteiger partial charge in [-0.3, -0.25) is 14.7 Å². The second-order valence-corrected chi connectivity index (χ2v) is 8.69. The fraction of sp³-hybridized carbons (Fsp3) is 0.522. The molecule has 1 atom stereocenters. The minimum absolute atomic E-state index is 0.0422. The minimum atomic E-state index is -1.78. The Bertz CT molecular complexity index is 908. The number of alkyl halides is 1. The van der Waals surface area contributed by atoms with Gasteiger partial charge in [0.25, 0.3) is 5.91 Å². The first-order valence-electron chi connectivity index (χ1n) is 10.8. The first-order valence-corrected chi connectivity index (χ1v) is 10.8. The number of carbonyl (C=O) groups excluding carboxylic acids is 2. The maximum absolute atomic E-state index is 14.2. The Balaban J connectivity index is 1.48. The molecule has 30 heavy (non-hydrogen) atoms. The molecular weight excluding hydrogens is 383 g/mol. The molecule has 0 spiro atoms. The summed E-state index contributed by atoms with van der Waals surface area (Å²) < 4.78 is 14.2. The van der Waals surface area contributed by atoms with E-state index in [9.17, 15) is 14.0 Å². The van der Waals surface area contributed by atoms with Crippen molar-refractivity contribution in [2.75, 3.05) is 5.32 Å². The highest BCUT2D eigenvalue weighted by molar-refractivity contribution is 5.99. The van der Waals surface area contributed by atoms with Crippen molar-refractivity contribution in [2.45, 2.75) is 70.5 Å². The van der Waals surface area contributed by atoms with E-state index in [4.69, 9.17) is 0 Å². The van der Waals surface area contributed by atoms with Crippen LogP contribution in [0.5, 0.6) is 0 Å². The molecule has 6 nitrogen and oxygen atoms in total. The summed E-state index contributed by atoms with van der Waals surface area (Å²) in [7, 11) is 0. The van der Waals surface area contributed by atoms with Gasteiger partial charge in [-0.1, -0.05) is 31.4 Å². The predicted octanol–water partition coefficient (Wildman–Crippen LogP) is 4.20. The second-order valence-electron chi connectivity index (χ2n) is 8.69. The van der Waals surface area contributed by atoms with Crippen LogP contribution in [0.3, 0.4) is 0 Å². The van der Waals surface area contributed by atoms with E-state index >= 15 is 0 Å². The van der Waals surface area contributed by atoms with Gasteiger partial charge in [-0.25, -0.2) is 4.39 Å². The molecule has 7 heteroatoms. The summed E-state index contributed by atoms with van der Waals surface area (Å²) >= 11 is 0. The number of hydrogen-bond donors (Lipinski definition) is 3. The van der Waals surface area contributed by atoms with Crippen LogP contribution in [0.25, 0.3) is 11.1 Å². The van der Waals surface area contributed by atoms with Crippen LogP contribution in [0.1, 0.15) is 56.3 Å². The minimum Gasteiger partial charge on any atom is -0.341 e. The molecule has 2 aromatic rings. The summed E-state index contributed by atoms with van der Waals surface area (Å²) in [6.45, 7) is 3.92. The van der Waals surface area contributed by atoms with E-state index in [1.54, 1.807) is 0 Å². The Morgan fingerprint density at radius 1 is 1.13 bits per heavy atom. The lowest BCUT2D eigenvalue weighted by Crippen LogP contribution is -2.51. The molecule has 1 aromatic carbocycles. The number of aromatic nitrogens is 2. The van der Waals surface area contributed by atoms with Gasteiger partial charge in [0.05, 0.1) is 5.69 Å². The van der Waals surface area contributed by atoms with Gasteiger partial charge in [-0.15, -0.1) is 0 Å². The normalized spacial score (nSPS) is 19.2. The number of halogens is 1. The van der Waals surface area contributed by atoms with Crippen molar-refractivity contribution in [3.8, 4) is 11.1 Å². The van der Waals surface area contributed by atoms with Crippen LogP contribution >= 0.6 is 0 Å². The zero-order chi connectivity index (χ0) is 21.3. The molecule has 4 rings (SSSR count). The monoisotopic (exact) mass is 412 g/mol. The quantitative estimate of drug-likeness (QED) is 0.665. The molecular formula is C23H29FN4O2. The summed E-state index contributed by atoms with van der Waals surface area (Å²) in [5, 5.41) is 12.8. The van der Waals surface area contributed by atoms with Gasteiger partial charge in [0, 0.05) is 16.9 Å². The third-order valence-electron chi connectivity index (χ3n) is 6.36. The standard InChI is InChI=1S/C23H29FN4O2/c1-14-19(15(2)28-27-14)16-8-10-18(11-9-16)25-21(29)20(17-6-4-3-5-7-17)26-22(30)23(24)12-13-23/h8-11,17,20H,3-7,12-13H2,1-2H3,(H,25,29)(H,26,30)(H,27,28)/t20-/m0/s1. The first kappa shape index (κ1) is 20.6. The van der Waals surface area contributed by atoms with E-state index in [-0.39, 0.29) is 24.7 Å². The average molecular weight is 413 g/mol. The van der Waals surface area contributed by atoms with Crippen LogP contribution in [0, 0.1) is 19.8 Å². The molecule has 0 bridgehead atoms. The van der Waals surface area contributed by atoms with Crippen LogP contribution in [-0.4, -0.2) is 33.7 Å². The Morgan fingerprint density at radius 2 is 1.80 bits per heavy atom. The molecule has 1 aromatic heterocycles. The van der Waals surface area contributed by atoms with Crippen molar-refractivity contribution in [1.82, 2.24) is 15.5 Å². The molecule has 0 aliphatic heterocycles. The van der Waals surface area contributed by atoms with Crippen molar-refractivity contribution in [1.29, 1.82) is 0 Å². The van der Waals surface area contributed by atoms with Crippen molar-refractivity contribution < 1.29 is 14.0 Å². The number of H-pyrrole nitrogens is 1. The number of benzene rings is 1. The second kappa shape index (κ2) is 8.20. The van der Waals surface area contributed by atoms with E-state index < -0.39 is 17.6 Å². The lowest BCUT2D eigenvalue weighted by molar-refractivity contribution is -0.132. The summed E-state index contributed by atoms with van der Waals surface area (Å²) in [5.74, 6) is -0.877. The van der Waals surface area contributed by atoms with Crippen LogP contribution in [0.4, 0.5) is 10.1 Å². The van der Waals surface area contributed by atoms with Crippen molar-refractivity contribution in [2.24, 2.45) is 5.92 Å². The average Bonchev–Trinajstić information content (AvgIpc) is 3.42. The van der Waals surface area contributed by atoms with E-state index in [1.165, 1.54) is 0 Å². The van der Waals surface area contributed by atoms with Gasteiger partial charge in [-0.2, -0.15) is 5.10 Å². The van der Waals surface area contributed by atoms with Gasteiger partial charge in [0.2, 0.25) is 5.91 Å². The van der Waals surface area contributed by atoms with Gasteiger partial charge < -0.3 is 10.6 Å². The molecule has 0 saturated heterocycles. The maximum atomic E-state index is 14.2. The molecule has 2 fully saturated rings. The number of hydrogen-bond acceptors (Lipinski definition) is 3. The molecule has 1 heterocycles. The Kier molecular flexibility index (Phi) is 5.62. The van der Waals surface area contributed by atoms with Crippen molar-refractivity contribution in [3.63, 3.8) is 0 Å². The predicted molar refractivity (Wildman–Crippen MR) is 114 cm³/mol. The Labute approximate surface area is 176 Å². The number of carbonyl (C=O) groups is 2. The first-order chi connectivity index (χ1) is 14.4. The van der Waals surface area contributed by atoms with Gasteiger partial charge in [0.1, 0.15) is 6.04 Å². The number of amides is 2. The van der Waals surface area contributed by atoms with E-state index in [2.05, 4.69) is 20.8 Å². The highest BCUT2D eigenvalue weighted by atomic mass is 19.1. The van der Waals surface area contributed by atoms with Crippen LogP contribution in [0.2, 0.25) is 0 Å². The van der Waals surface area contributed by atoms with E-state index in [0.29, 0.717) is 5.69 Å². The Hall–Kier alpha value is -2.70. The smallest absolute Gasteiger partial charge is 0.258 e. The molecule has 0 unspecified atom stereocenters. The van der Waals surface area contributed by atoms with Crippen LogP contribution in [0.15, 0.2) is 24.3 Å². The number of aryl methyl sites for hydroxylation is 2. The molecule has 0 radical (unpaired) electrons. The fourth-order valence-electron chi connectivity index (χ4n) is 4.39. The van der Waals surface area contributed by atoms with Crippen molar-refractivity contribution in [3.05, 3.63) is 35.7 Å². The molecule has 3 N–H and O–H groups in total. The third-order valence-corrected chi connectivity index (χ3v) is 6.36. The third kappa shape index (κ3) is 4.25. The summed E-state index contributed by atoms with van der Waals surface area (Å²) in [5.41, 5.74) is 2.85. The van der Waals surface area contributed by atoms with Crippen molar-refractivity contribution >= 4 is 17.5 Å². The lowest BCUT2D eigenvalue weighted by Gasteiger charge is -2.30. The van der Waals surface area contributed by atoms with E-state index in [1.807, 2.05) is 38.1 Å². The molecule has 160 valence electrons. The van der Waals surface area contributed by atoms with E-state index in [0.717, 1.165) is 54.6 Å². The zero-order valence-electron chi connectivity index (χ0n) is 17.6. The largest absolute Gasteiger partial charge is 0.341 e. The molecule has 2 aliphatic carbocycles. The summed E-state index contributed by atoms with van der Waals surface area (Å²) in [6.07, 6.45) is 5.43. The molecule has 2 saturated carbocycles. The van der Waals surface area contributed by atoms with Gasteiger partial charge in [0.15, 0.2) is 5.67 Å². The van der Waals surface area contributed by atoms with Gasteiger partial charge in [-0.05, 0) is 63.1 Å². The number of rotatable bonds is 6. The summed E-state index contributed by atoms with van der Waals surface area (Å²) in [4.78, 5) is 25.4. The summed E-state index contributed by atoms with van der Waals surface area (Å²) in [6, 6.07) is 6.86.